The van der Waals surface area contributed by atoms with Crippen molar-refractivity contribution in [3.63, 3.8) is 0 Å². The van der Waals surface area contributed by atoms with Gasteiger partial charge in [0.25, 0.3) is 5.91 Å². The van der Waals surface area contributed by atoms with Crippen molar-refractivity contribution in [2.75, 3.05) is 0 Å². The van der Waals surface area contributed by atoms with Crippen molar-refractivity contribution in [3.05, 3.63) is 63.7 Å². The number of carbonyl (C=O) groups is 1. The van der Waals surface area contributed by atoms with E-state index in [1.165, 1.54) is 17.2 Å². The summed E-state index contributed by atoms with van der Waals surface area (Å²) in [5, 5.41) is 10.5. The van der Waals surface area contributed by atoms with Gasteiger partial charge >= 0.3 is 0 Å². The van der Waals surface area contributed by atoms with Crippen molar-refractivity contribution >= 4 is 23.7 Å². The van der Waals surface area contributed by atoms with Crippen molar-refractivity contribution in [1.82, 2.24) is 0 Å². The second-order valence-electron chi connectivity index (χ2n) is 5.59. The van der Waals surface area contributed by atoms with Crippen molar-refractivity contribution < 1.29 is 9.90 Å². The molecule has 112 valence electrons. The number of phenols is 1. The maximum absolute atomic E-state index is 12.2. The Kier molecular flexibility index (Phi) is 3.99. The van der Waals surface area contributed by atoms with E-state index in [1.54, 1.807) is 18.3 Å². The van der Waals surface area contributed by atoms with Crippen LogP contribution in [0.25, 0.3) is 0 Å². The summed E-state index contributed by atoms with van der Waals surface area (Å²) in [5.74, 6) is -0.321. The summed E-state index contributed by atoms with van der Waals surface area (Å²) in [6.45, 7) is 1.87. The van der Waals surface area contributed by atoms with Gasteiger partial charge in [0, 0.05) is 17.2 Å². The van der Waals surface area contributed by atoms with Crippen LogP contribution in [0.1, 0.15) is 39.4 Å². The van der Waals surface area contributed by atoms with Crippen LogP contribution in [0, 0.1) is 6.92 Å². The Morgan fingerprint density at radius 1 is 1.32 bits per heavy atom. The van der Waals surface area contributed by atoms with E-state index in [0.717, 1.165) is 23.4 Å². The average molecular weight is 314 g/mol. The number of nitrogens with zero attached hydrogens (tertiary/aromatic N) is 1. The van der Waals surface area contributed by atoms with Gasteiger partial charge in [-0.25, -0.2) is 4.99 Å². The molecule has 0 fully saturated rings. The molecular weight excluding hydrogens is 298 g/mol. The molecule has 0 bridgehead atoms. The molecule has 3 nitrogen and oxygen atoms in total. The number of fused-ring (bicyclic) bond motifs is 1. The van der Waals surface area contributed by atoms with E-state index in [-0.39, 0.29) is 17.2 Å². The Labute approximate surface area is 134 Å². The van der Waals surface area contributed by atoms with Crippen LogP contribution in [0.15, 0.2) is 41.4 Å². The maximum atomic E-state index is 12.2. The minimum atomic E-state index is -0.413. The number of rotatable bonds is 2. The van der Waals surface area contributed by atoms with Crippen LogP contribution >= 0.6 is 11.6 Å². The summed E-state index contributed by atoms with van der Waals surface area (Å²) >= 11 is 6.00. The van der Waals surface area contributed by atoms with E-state index in [2.05, 4.69) is 4.99 Å². The zero-order valence-corrected chi connectivity index (χ0v) is 13.0. The van der Waals surface area contributed by atoms with E-state index in [9.17, 15) is 9.90 Å². The SMILES string of the molecule is Cc1ccc(O)c(C(=O)/N=C/C2CCc3cc(Cl)ccc32)c1. The van der Waals surface area contributed by atoms with Gasteiger partial charge in [0.15, 0.2) is 0 Å². The Bertz CT molecular complexity index is 768. The lowest BCUT2D eigenvalue weighted by Crippen LogP contribution is -2.01. The molecule has 1 aliphatic rings. The molecule has 1 amide bonds. The zero-order valence-electron chi connectivity index (χ0n) is 12.2. The second-order valence-corrected chi connectivity index (χ2v) is 6.03. The highest BCUT2D eigenvalue weighted by Crippen LogP contribution is 2.33. The van der Waals surface area contributed by atoms with Crippen LogP contribution in [0.2, 0.25) is 5.02 Å². The molecule has 22 heavy (non-hydrogen) atoms. The summed E-state index contributed by atoms with van der Waals surface area (Å²) in [7, 11) is 0. The summed E-state index contributed by atoms with van der Waals surface area (Å²) in [5.41, 5.74) is 3.55. The van der Waals surface area contributed by atoms with Crippen molar-refractivity contribution in [1.29, 1.82) is 0 Å². The van der Waals surface area contributed by atoms with E-state index in [1.807, 2.05) is 25.1 Å². The largest absolute Gasteiger partial charge is 0.507 e. The Hall–Kier alpha value is -2.13. The van der Waals surface area contributed by atoms with Gasteiger partial charge in [-0.05, 0) is 55.2 Å². The molecule has 0 aliphatic heterocycles. The Morgan fingerprint density at radius 2 is 2.14 bits per heavy atom. The third kappa shape index (κ3) is 2.90. The highest BCUT2D eigenvalue weighted by Gasteiger charge is 2.21. The number of aryl methyl sites for hydroxylation is 2. The van der Waals surface area contributed by atoms with Crippen LogP contribution < -0.4 is 0 Å². The fourth-order valence-electron chi connectivity index (χ4n) is 2.82. The predicted octanol–water partition coefficient (Wildman–Crippen LogP) is 4.30. The number of amides is 1. The second kappa shape index (κ2) is 5.93. The highest BCUT2D eigenvalue weighted by molar-refractivity contribution is 6.30. The first-order valence-electron chi connectivity index (χ1n) is 7.21. The monoisotopic (exact) mass is 313 g/mol. The van der Waals surface area contributed by atoms with Crippen LogP contribution in [0.5, 0.6) is 5.75 Å². The predicted molar refractivity (Wildman–Crippen MR) is 88.2 cm³/mol. The van der Waals surface area contributed by atoms with Gasteiger partial charge in [-0.1, -0.05) is 29.3 Å². The zero-order chi connectivity index (χ0) is 15.7. The first-order chi connectivity index (χ1) is 10.5. The quantitative estimate of drug-likeness (QED) is 0.841. The first kappa shape index (κ1) is 14.8. The summed E-state index contributed by atoms with van der Waals surface area (Å²) in [6, 6.07) is 10.8. The molecule has 0 spiro atoms. The Morgan fingerprint density at radius 3 is 2.95 bits per heavy atom. The number of hydrogen-bond acceptors (Lipinski definition) is 2. The minimum Gasteiger partial charge on any atom is -0.507 e. The Balaban J connectivity index is 1.81. The van der Waals surface area contributed by atoms with Crippen molar-refractivity contribution in [3.8, 4) is 5.75 Å². The van der Waals surface area contributed by atoms with E-state index >= 15 is 0 Å². The number of halogens is 1. The molecule has 0 aromatic heterocycles. The van der Waals surface area contributed by atoms with Gasteiger partial charge in [0.05, 0.1) is 5.56 Å². The number of benzene rings is 2. The molecule has 2 aromatic carbocycles. The van der Waals surface area contributed by atoms with Crippen LogP contribution in [-0.4, -0.2) is 17.2 Å². The van der Waals surface area contributed by atoms with Gasteiger partial charge in [0.1, 0.15) is 5.75 Å². The number of aromatic hydroxyl groups is 1. The van der Waals surface area contributed by atoms with E-state index in [0.29, 0.717) is 0 Å². The normalized spacial score (nSPS) is 16.9. The summed E-state index contributed by atoms with van der Waals surface area (Å²) < 4.78 is 0. The molecule has 0 radical (unpaired) electrons. The molecular formula is C18H16ClNO2. The van der Waals surface area contributed by atoms with Crippen molar-refractivity contribution in [2.45, 2.75) is 25.7 Å². The van der Waals surface area contributed by atoms with E-state index < -0.39 is 5.91 Å². The molecule has 3 rings (SSSR count). The standard InChI is InChI=1S/C18H16ClNO2/c1-11-2-7-17(21)16(8-11)18(22)20-10-13-4-3-12-9-14(19)5-6-15(12)13/h2,5-10,13,21H,3-4H2,1H3/b20-10+. The highest BCUT2D eigenvalue weighted by atomic mass is 35.5. The van der Waals surface area contributed by atoms with Gasteiger partial charge in [-0.15, -0.1) is 0 Å². The van der Waals surface area contributed by atoms with Gasteiger partial charge in [-0.3, -0.25) is 4.79 Å². The third-order valence-electron chi connectivity index (χ3n) is 3.98. The molecule has 2 aromatic rings. The van der Waals surface area contributed by atoms with Crippen LogP contribution in [-0.2, 0) is 6.42 Å². The number of carbonyl (C=O) groups excluding carboxylic acids is 1. The lowest BCUT2D eigenvalue weighted by molar-refractivity contribution is 0.100. The number of aliphatic imine (C=N–C) groups is 1. The molecule has 0 saturated heterocycles. The molecule has 1 N–H and O–H groups in total. The lowest BCUT2D eigenvalue weighted by Gasteiger charge is -2.06. The van der Waals surface area contributed by atoms with Crippen LogP contribution in [0.3, 0.4) is 0 Å². The van der Waals surface area contributed by atoms with Gasteiger partial charge in [0.2, 0.25) is 0 Å². The number of phenolic OH excluding ortho intramolecular Hbond substituents is 1. The fraction of sp³-hybridized carbons (Fsp3) is 0.222. The summed E-state index contributed by atoms with van der Waals surface area (Å²) in [4.78, 5) is 16.2. The molecule has 0 heterocycles. The minimum absolute atomic E-state index is 0.0358. The number of hydrogen-bond donors (Lipinski definition) is 1. The smallest absolute Gasteiger partial charge is 0.280 e. The van der Waals surface area contributed by atoms with Gasteiger partial charge < -0.3 is 5.11 Å². The molecule has 4 heteroatoms. The molecule has 1 unspecified atom stereocenters. The molecule has 1 aliphatic carbocycles. The van der Waals surface area contributed by atoms with Gasteiger partial charge in [-0.2, -0.15) is 0 Å². The molecule has 0 saturated carbocycles. The lowest BCUT2D eigenvalue weighted by atomic mass is 10.0. The fourth-order valence-corrected chi connectivity index (χ4v) is 3.02. The van der Waals surface area contributed by atoms with E-state index in [4.69, 9.17) is 11.6 Å². The topological polar surface area (TPSA) is 49.7 Å². The average Bonchev–Trinajstić information content (AvgIpc) is 2.89. The van der Waals surface area contributed by atoms with Crippen molar-refractivity contribution in [2.24, 2.45) is 4.99 Å². The van der Waals surface area contributed by atoms with Crippen LogP contribution in [0.4, 0.5) is 0 Å². The maximum Gasteiger partial charge on any atom is 0.280 e. The first-order valence-corrected chi connectivity index (χ1v) is 7.59. The third-order valence-corrected chi connectivity index (χ3v) is 4.22. The summed E-state index contributed by atoms with van der Waals surface area (Å²) in [6.07, 6.45) is 3.55. The molecule has 1 atom stereocenters.